The highest BCUT2D eigenvalue weighted by atomic mass is 32.2. The van der Waals surface area contributed by atoms with Crippen molar-refractivity contribution in [3.8, 4) is 0 Å². The van der Waals surface area contributed by atoms with Crippen molar-refractivity contribution < 1.29 is 13.3 Å². The minimum absolute atomic E-state index is 0.165. The van der Waals surface area contributed by atoms with E-state index in [2.05, 4.69) is 10.0 Å². The van der Waals surface area contributed by atoms with Gasteiger partial charge in [0.05, 0.1) is 4.92 Å². The Morgan fingerprint density at radius 2 is 2.11 bits per heavy atom. The number of rotatable bonds is 7. The van der Waals surface area contributed by atoms with Gasteiger partial charge in [0.25, 0.3) is 0 Å². The SMILES string of the molecule is CNc1cccc(S(=O)(=O)NCCSC)c1[N+](=O)[O-]. The lowest BCUT2D eigenvalue weighted by atomic mass is 10.3. The van der Waals surface area contributed by atoms with E-state index < -0.39 is 20.6 Å². The van der Waals surface area contributed by atoms with Gasteiger partial charge in [-0.25, -0.2) is 13.1 Å². The minimum atomic E-state index is -3.89. The molecule has 7 nitrogen and oxygen atoms in total. The van der Waals surface area contributed by atoms with Crippen LogP contribution >= 0.6 is 11.8 Å². The molecule has 0 amide bonds. The number of nitro groups is 1. The number of thioether (sulfide) groups is 1. The van der Waals surface area contributed by atoms with Gasteiger partial charge in [0, 0.05) is 19.3 Å². The van der Waals surface area contributed by atoms with Crippen LogP contribution in [0.1, 0.15) is 0 Å². The lowest BCUT2D eigenvalue weighted by Crippen LogP contribution is -2.26. The summed E-state index contributed by atoms with van der Waals surface area (Å²) in [6.45, 7) is 0.227. The summed E-state index contributed by atoms with van der Waals surface area (Å²) in [5.41, 5.74) is -0.278. The first-order chi connectivity index (χ1) is 8.94. The monoisotopic (exact) mass is 305 g/mol. The smallest absolute Gasteiger partial charge is 0.312 e. The zero-order chi connectivity index (χ0) is 14.5. The van der Waals surface area contributed by atoms with Crippen molar-refractivity contribution in [3.05, 3.63) is 28.3 Å². The van der Waals surface area contributed by atoms with E-state index in [9.17, 15) is 18.5 Å². The molecule has 0 aliphatic carbocycles. The molecule has 0 saturated carbocycles. The fraction of sp³-hybridized carbons (Fsp3) is 0.400. The zero-order valence-electron chi connectivity index (χ0n) is 10.5. The van der Waals surface area contributed by atoms with E-state index in [0.29, 0.717) is 5.75 Å². The van der Waals surface area contributed by atoms with Gasteiger partial charge in [0.15, 0.2) is 4.90 Å². The summed E-state index contributed by atoms with van der Waals surface area (Å²) in [4.78, 5) is 10.0. The van der Waals surface area contributed by atoms with Crippen molar-refractivity contribution in [1.29, 1.82) is 0 Å². The third-order valence-corrected chi connectivity index (χ3v) is 4.44. The van der Waals surface area contributed by atoms with Gasteiger partial charge < -0.3 is 5.32 Å². The summed E-state index contributed by atoms with van der Waals surface area (Å²) in [6, 6.07) is 4.14. The molecular weight excluding hydrogens is 290 g/mol. The standard InChI is InChI=1S/C10H15N3O4S2/c1-11-8-4-3-5-9(10(8)13(14)15)19(16,17)12-6-7-18-2/h3-5,11-12H,6-7H2,1-2H3. The van der Waals surface area contributed by atoms with Crippen LogP contribution in [0, 0.1) is 10.1 Å². The molecule has 0 heterocycles. The molecule has 1 aromatic rings. The van der Waals surface area contributed by atoms with E-state index in [4.69, 9.17) is 0 Å². The van der Waals surface area contributed by atoms with Crippen LogP contribution in [0.15, 0.2) is 23.1 Å². The number of nitro benzene ring substituents is 1. The second-order valence-corrected chi connectivity index (χ2v) is 6.27. The van der Waals surface area contributed by atoms with E-state index in [1.807, 2.05) is 6.26 Å². The molecule has 106 valence electrons. The summed E-state index contributed by atoms with van der Waals surface area (Å²) >= 11 is 1.48. The predicted octanol–water partition coefficient (Wildman–Crippen LogP) is 1.28. The lowest BCUT2D eigenvalue weighted by molar-refractivity contribution is -0.386. The van der Waals surface area contributed by atoms with Crippen molar-refractivity contribution in [3.63, 3.8) is 0 Å². The van der Waals surface area contributed by atoms with Gasteiger partial charge in [-0.15, -0.1) is 0 Å². The summed E-state index contributed by atoms with van der Waals surface area (Å²) in [7, 11) is -2.39. The van der Waals surface area contributed by atoms with E-state index in [1.54, 1.807) is 0 Å². The summed E-state index contributed by atoms with van der Waals surface area (Å²) in [6.07, 6.45) is 1.85. The Balaban J connectivity index is 3.22. The molecule has 0 saturated heterocycles. The maximum Gasteiger partial charge on any atom is 0.312 e. The number of sulfonamides is 1. The van der Waals surface area contributed by atoms with Gasteiger partial charge in [-0.3, -0.25) is 10.1 Å². The van der Waals surface area contributed by atoms with Gasteiger partial charge >= 0.3 is 5.69 Å². The minimum Gasteiger partial charge on any atom is -0.383 e. The van der Waals surface area contributed by atoms with Gasteiger partial charge in [-0.2, -0.15) is 11.8 Å². The number of nitrogens with zero attached hydrogens (tertiary/aromatic N) is 1. The van der Waals surface area contributed by atoms with Gasteiger partial charge in [0.2, 0.25) is 10.0 Å². The van der Waals surface area contributed by atoms with E-state index in [0.717, 1.165) is 0 Å². The first-order valence-corrected chi connectivity index (χ1v) is 8.25. The first kappa shape index (κ1) is 15.7. The maximum atomic E-state index is 12.0. The van der Waals surface area contributed by atoms with Crippen molar-refractivity contribution in [2.45, 2.75) is 4.90 Å². The first-order valence-electron chi connectivity index (χ1n) is 5.37. The van der Waals surface area contributed by atoms with Crippen LogP contribution in [0.2, 0.25) is 0 Å². The quantitative estimate of drug-likeness (QED) is 0.447. The van der Waals surface area contributed by atoms with Crippen LogP contribution in [-0.2, 0) is 10.0 Å². The molecule has 19 heavy (non-hydrogen) atoms. The molecule has 0 unspecified atom stereocenters. The Labute approximate surface area is 116 Å². The Morgan fingerprint density at radius 1 is 1.42 bits per heavy atom. The maximum absolute atomic E-state index is 12.0. The van der Waals surface area contributed by atoms with Gasteiger partial charge in [0.1, 0.15) is 5.69 Å². The van der Waals surface area contributed by atoms with Gasteiger partial charge in [-0.05, 0) is 18.4 Å². The number of benzene rings is 1. The molecule has 0 atom stereocenters. The molecular formula is C10H15N3O4S2. The number of hydrogen-bond acceptors (Lipinski definition) is 6. The molecule has 1 rings (SSSR count). The lowest BCUT2D eigenvalue weighted by Gasteiger charge is -2.09. The third-order valence-electron chi connectivity index (χ3n) is 2.34. The molecule has 0 spiro atoms. The summed E-state index contributed by atoms with van der Waals surface area (Å²) < 4.78 is 26.4. The van der Waals surface area contributed by atoms with Crippen LogP contribution in [0.4, 0.5) is 11.4 Å². The number of nitrogens with one attached hydrogen (secondary N) is 2. The molecule has 0 aliphatic heterocycles. The predicted molar refractivity (Wildman–Crippen MR) is 76.2 cm³/mol. The number of para-hydroxylation sites is 1. The topological polar surface area (TPSA) is 101 Å². The highest BCUT2D eigenvalue weighted by Gasteiger charge is 2.28. The van der Waals surface area contributed by atoms with Crippen LogP contribution in [0.5, 0.6) is 0 Å². The van der Waals surface area contributed by atoms with Crippen molar-refractivity contribution >= 4 is 33.2 Å². The highest BCUT2D eigenvalue weighted by Crippen LogP contribution is 2.31. The highest BCUT2D eigenvalue weighted by molar-refractivity contribution is 7.98. The third kappa shape index (κ3) is 3.82. The van der Waals surface area contributed by atoms with Crippen molar-refractivity contribution in [2.75, 3.05) is 30.9 Å². The van der Waals surface area contributed by atoms with Crippen LogP contribution in [0.25, 0.3) is 0 Å². The molecule has 1 aromatic carbocycles. The van der Waals surface area contributed by atoms with E-state index in [1.165, 1.54) is 37.0 Å². The average Bonchev–Trinajstić information content (AvgIpc) is 2.37. The second-order valence-electron chi connectivity index (χ2n) is 3.55. The average molecular weight is 305 g/mol. The molecule has 0 bridgehead atoms. The summed E-state index contributed by atoms with van der Waals surface area (Å²) in [5.74, 6) is 0.596. The normalized spacial score (nSPS) is 11.3. The molecule has 0 fully saturated rings. The second kappa shape index (κ2) is 6.73. The number of hydrogen-bond donors (Lipinski definition) is 2. The zero-order valence-corrected chi connectivity index (χ0v) is 12.2. The molecule has 0 aromatic heterocycles. The van der Waals surface area contributed by atoms with Gasteiger partial charge in [-0.1, -0.05) is 6.07 Å². The van der Waals surface area contributed by atoms with Crippen LogP contribution in [-0.4, -0.2) is 38.9 Å². The largest absolute Gasteiger partial charge is 0.383 e. The van der Waals surface area contributed by atoms with E-state index >= 15 is 0 Å². The van der Waals surface area contributed by atoms with Crippen LogP contribution in [0.3, 0.4) is 0 Å². The fourth-order valence-electron chi connectivity index (χ4n) is 1.49. The summed E-state index contributed by atoms with van der Waals surface area (Å²) in [5, 5.41) is 13.7. The Hall–Kier alpha value is -1.32. The fourth-order valence-corrected chi connectivity index (χ4v) is 3.14. The molecule has 9 heteroatoms. The molecule has 0 radical (unpaired) electrons. The van der Waals surface area contributed by atoms with E-state index in [-0.39, 0.29) is 17.1 Å². The Morgan fingerprint density at radius 3 is 2.63 bits per heavy atom. The Bertz CT molecular complexity index is 560. The van der Waals surface area contributed by atoms with Crippen LogP contribution < -0.4 is 10.0 Å². The van der Waals surface area contributed by atoms with Crippen molar-refractivity contribution in [1.82, 2.24) is 4.72 Å². The van der Waals surface area contributed by atoms with Crippen molar-refractivity contribution in [2.24, 2.45) is 0 Å². The number of anilines is 1. The molecule has 0 aliphatic rings. The molecule has 2 N–H and O–H groups in total. The Kier molecular flexibility index (Phi) is 5.58.